The van der Waals surface area contributed by atoms with E-state index in [-0.39, 0.29) is 22.5 Å². The van der Waals surface area contributed by atoms with Crippen molar-refractivity contribution >= 4 is 17.7 Å². The largest absolute Gasteiger partial charge is 0.433 e. The quantitative estimate of drug-likeness (QED) is 0.586. The van der Waals surface area contributed by atoms with Crippen LogP contribution in [0.2, 0.25) is 0 Å². The first-order chi connectivity index (χ1) is 12.4. The number of halogens is 3. The number of amides is 1. The van der Waals surface area contributed by atoms with Gasteiger partial charge in [0.2, 0.25) is 5.91 Å². The number of rotatable bonds is 4. The molecule has 26 heavy (non-hydrogen) atoms. The summed E-state index contributed by atoms with van der Waals surface area (Å²) in [6, 6.07) is 9.56. The van der Waals surface area contributed by atoms with E-state index in [1.165, 1.54) is 0 Å². The van der Waals surface area contributed by atoms with Crippen molar-refractivity contribution in [3.63, 3.8) is 0 Å². The van der Waals surface area contributed by atoms with Crippen LogP contribution in [-0.4, -0.2) is 39.6 Å². The van der Waals surface area contributed by atoms with E-state index in [2.05, 4.69) is 9.97 Å². The van der Waals surface area contributed by atoms with Crippen molar-refractivity contribution in [3.8, 4) is 11.3 Å². The van der Waals surface area contributed by atoms with E-state index in [0.29, 0.717) is 18.7 Å². The Hall–Kier alpha value is -2.09. The van der Waals surface area contributed by atoms with E-state index in [1.807, 2.05) is 0 Å². The number of thioether (sulfide) groups is 1. The summed E-state index contributed by atoms with van der Waals surface area (Å²) in [5.74, 6) is -0.0489. The van der Waals surface area contributed by atoms with Gasteiger partial charge in [-0.05, 0) is 25.3 Å². The Bertz CT molecular complexity index is 762. The molecule has 4 nitrogen and oxygen atoms in total. The van der Waals surface area contributed by atoms with E-state index in [4.69, 9.17) is 0 Å². The lowest BCUT2D eigenvalue weighted by Gasteiger charge is -2.26. The molecule has 2 heterocycles. The number of benzene rings is 1. The summed E-state index contributed by atoms with van der Waals surface area (Å²) in [5.41, 5.74) is -0.232. The van der Waals surface area contributed by atoms with Crippen LogP contribution in [0, 0.1) is 0 Å². The third-order valence-corrected chi connectivity index (χ3v) is 4.93. The molecule has 1 aliphatic rings. The Kier molecular flexibility index (Phi) is 5.80. The number of carbonyl (C=O) groups is 1. The average Bonchev–Trinajstić information content (AvgIpc) is 2.66. The monoisotopic (exact) mass is 381 g/mol. The van der Waals surface area contributed by atoms with Crippen LogP contribution < -0.4 is 0 Å². The normalized spacial score (nSPS) is 15.1. The minimum Gasteiger partial charge on any atom is -0.342 e. The SMILES string of the molecule is O=C(CSc1nc(-c2ccccc2)cc(C(F)(F)F)n1)N1CCCCC1. The molecule has 0 N–H and O–H groups in total. The fraction of sp³-hybridized carbons (Fsp3) is 0.389. The minimum absolute atomic E-state index is 0.0372. The number of carbonyl (C=O) groups excluding carboxylic acids is 1. The summed E-state index contributed by atoms with van der Waals surface area (Å²) in [5, 5.41) is -0.0379. The van der Waals surface area contributed by atoms with Crippen molar-refractivity contribution in [3.05, 3.63) is 42.1 Å². The summed E-state index contributed by atoms with van der Waals surface area (Å²) in [6.45, 7) is 1.41. The molecule has 1 aromatic heterocycles. The first-order valence-corrected chi connectivity index (χ1v) is 9.34. The fourth-order valence-corrected chi connectivity index (χ4v) is 3.51. The lowest BCUT2D eigenvalue weighted by molar-refractivity contribution is -0.141. The molecule has 0 saturated carbocycles. The maximum atomic E-state index is 13.2. The van der Waals surface area contributed by atoms with Crippen LogP contribution in [0.3, 0.4) is 0 Å². The third kappa shape index (κ3) is 4.75. The van der Waals surface area contributed by atoms with Crippen LogP contribution >= 0.6 is 11.8 Å². The summed E-state index contributed by atoms with van der Waals surface area (Å²) in [4.78, 5) is 21.8. The third-order valence-electron chi connectivity index (χ3n) is 4.10. The Morgan fingerprint density at radius 2 is 1.77 bits per heavy atom. The highest BCUT2D eigenvalue weighted by Gasteiger charge is 2.34. The number of nitrogens with zero attached hydrogens (tertiary/aromatic N) is 3. The summed E-state index contributed by atoms with van der Waals surface area (Å²) < 4.78 is 39.5. The summed E-state index contributed by atoms with van der Waals surface area (Å²) in [7, 11) is 0. The Balaban J connectivity index is 1.80. The van der Waals surface area contributed by atoms with Crippen LogP contribution in [0.25, 0.3) is 11.3 Å². The highest BCUT2D eigenvalue weighted by Crippen LogP contribution is 2.32. The topological polar surface area (TPSA) is 46.1 Å². The van der Waals surface area contributed by atoms with E-state index >= 15 is 0 Å². The number of hydrogen-bond donors (Lipinski definition) is 0. The fourth-order valence-electron chi connectivity index (χ4n) is 2.75. The second kappa shape index (κ2) is 8.07. The maximum absolute atomic E-state index is 13.2. The molecule has 0 spiro atoms. The molecule has 1 fully saturated rings. The van der Waals surface area contributed by atoms with Crippen LogP contribution in [-0.2, 0) is 11.0 Å². The first-order valence-electron chi connectivity index (χ1n) is 8.36. The van der Waals surface area contributed by atoms with Crippen molar-refractivity contribution in [2.24, 2.45) is 0 Å². The molecule has 0 aliphatic carbocycles. The first kappa shape index (κ1) is 18.7. The number of likely N-dealkylation sites (tertiary alicyclic amines) is 1. The van der Waals surface area contributed by atoms with Crippen LogP contribution in [0.4, 0.5) is 13.2 Å². The molecular weight excluding hydrogens is 363 g/mol. The predicted octanol–water partition coefficient (Wildman–Crippen LogP) is 4.27. The number of aromatic nitrogens is 2. The highest BCUT2D eigenvalue weighted by atomic mass is 32.2. The van der Waals surface area contributed by atoms with Gasteiger partial charge in [-0.15, -0.1) is 0 Å². The van der Waals surface area contributed by atoms with Crippen molar-refractivity contribution in [2.75, 3.05) is 18.8 Å². The van der Waals surface area contributed by atoms with Gasteiger partial charge in [-0.25, -0.2) is 9.97 Å². The minimum atomic E-state index is -4.57. The van der Waals surface area contributed by atoms with Gasteiger partial charge in [-0.2, -0.15) is 13.2 Å². The van der Waals surface area contributed by atoms with E-state index in [1.54, 1.807) is 35.2 Å². The van der Waals surface area contributed by atoms with Gasteiger partial charge < -0.3 is 4.90 Å². The van der Waals surface area contributed by atoms with Gasteiger partial charge in [0, 0.05) is 18.7 Å². The molecule has 1 aromatic carbocycles. The molecular formula is C18H18F3N3OS. The Morgan fingerprint density at radius 1 is 1.08 bits per heavy atom. The maximum Gasteiger partial charge on any atom is 0.433 e. The number of hydrogen-bond acceptors (Lipinski definition) is 4. The van der Waals surface area contributed by atoms with Crippen LogP contribution in [0.15, 0.2) is 41.6 Å². The summed E-state index contributed by atoms with van der Waals surface area (Å²) in [6.07, 6.45) is -1.53. The zero-order valence-electron chi connectivity index (χ0n) is 14.0. The van der Waals surface area contributed by atoms with Gasteiger partial charge in [-0.1, -0.05) is 42.1 Å². The molecule has 0 bridgehead atoms. The Labute approximate surface area is 153 Å². The lowest BCUT2D eigenvalue weighted by atomic mass is 10.1. The van der Waals surface area contributed by atoms with Gasteiger partial charge in [0.25, 0.3) is 0 Å². The molecule has 138 valence electrons. The van der Waals surface area contributed by atoms with Gasteiger partial charge in [0.15, 0.2) is 5.16 Å². The molecule has 0 unspecified atom stereocenters. The summed E-state index contributed by atoms with van der Waals surface area (Å²) >= 11 is 0.948. The van der Waals surface area contributed by atoms with Crippen LogP contribution in [0.1, 0.15) is 25.0 Å². The molecule has 1 amide bonds. The molecule has 0 radical (unpaired) electrons. The average molecular weight is 381 g/mol. The Morgan fingerprint density at radius 3 is 2.42 bits per heavy atom. The van der Waals surface area contributed by atoms with Gasteiger partial charge in [0.1, 0.15) is 5.69 Å². The predicted molar refractivity (Wildman–Crippen MR) is 93.6 cm³/mol. The van der Waals surface area contributed by atoms with Crippen LogP contribution in [0.5, 0.6) is 0 Å². The second-order valence-electron chi connectivity index (χ2n) is 6.01. The molecule has 8 heteroatoms. The number of alkyl halides is 3. The lowest BCUT2D eigenvalue weighted by Crippen LogP contribution is -2.36. The zero-order chi connectivity index (χ0) is 18.6. The van der Waals surface area contributed by atoms with E-state index < -0.39 is 11.9 Å². The van der Waals surface area contributed by atoms with Gasteiger partial charge >= 0.3 is 6.18 Å². The number of piperidine rings is 1. The van der Waals surface area contributed by atoms with Gasteiger partial charge in [0.05, 0.1) is 11.4 Å². The zero-order valence-corrected chi connectivity index (χ0v) is 14.8. The smallest absolute Gasteiger partial charge is 0.342 e. The standard InChI is InChI=1S/C18H18F3N3OS/c19-18(20,21)15-11-14(13-7-3-1-4-8-13)22-17(23-15)26-12-16(25)24-9-5-2-6-10-24/h1,3-4,7-8,11H,2,5-6,9-10,12H2. The highest BCUT2D eigenvalue weighted by molar-refractivity contribution is 7.99. The van der Waals surface area contributed by atoms with E-state index in [0.717, 1.165) is 37.1 Å². The van der Waals surface area contributed by atoms with Crippen molar-refractivity contribution in [1.82, 2.24) is 14.9 Å². The van der Waals surface area contributed by atoms with Crippen molar-refractivity contribution in [1.29, 1.82) is 0 Å². The molecule has 1 aliphatic heterocycles. The molecule has 3 rings (SSSR count). The molecule has 2 aromatic rings. The van der Waals surface area contributed by atoms with E-state index in [9.17, 15) is 18.0 Å². The molecule has 1 saturated heterocycles. The van der Waals surface area contributed by atoms with Crippen molar-refractivity contribution in [2.45, 2.75) is 30.6 Å². The van der Waals surface area contributed by atoms with Gasteiger partial charge in [-0.3, -0.25) is 4.79 Å². The van der Waals surface area contributed by atoms with Crippen molar-refractivity contribution < 1.29 is 18.0 Å². The second-order valence-corrected chi connectivity index (χ2v) is 6.96. The molecule has 0 atom stereocenters.